The maximum atomic E-state index is 12.2. The smallest absolute Gasteiger partial charge is 0.252 e. The van der Waals surface area contributed by atoms with Gasteiger partial charge in [-0.3, -0.25) is 4.79 Å². The fourth-order valence-corrected chi connectivity index (χ4v) is 2.57. The van der Waals surface area contributed by atoms with Crippen molar-refractivity contribution in [2.24, 2.45) is 0 Å². The molecule has 1 heterocycles. The zero-order valence-electron chi connectivity index (χ0n) is 11.8. The van der Waals surface area contributed by atoms with Gasteiger partial charge in [-0.25, -0.2) is 0 Å². The predicted molar refractivity (Wildman–Crippen MR) is 82.3 cm³/mol. The van der Waals surface area contributed by atoms with Crippen LogP contribution >= 0.6 is 11.8 Å². The Bertz CT molecular complexity index is 634. The van der Waals surface area contributed by atoms with Crippen LogP contribution in [0.1, 0.15) is 6.92 Å². The van der Waals surface area contributed by atoms with E-state index in [0.29, 0.717) is 16.5 Å². The highest BCUT2D eigenvalue weighted by Crippen LogP contribution is 2.25. The molecule has 0 aliphatic rings. The Morgan fingerprint density at radius 1 is 1.29 bits per heavy atom. The van der Waals surface area contributed by atoms with Gasteiger partial charge in [0.1, 0.15) is 5.75 Å². The third-order valence-corrected chi connectivity index (χ3v) is 3.95. The molecule has 0 saturated heterocycles. The highest BCUT2D eigenvalue weighted by atomic mass is 32.2. The number of methoxy groups -OCH3 is 1. The van der Waals surface area contributed by atoms with E-state index in [4.69, 9.17) is 4.74 Å². The summed E-state index contributed by atoms with van der Waals surface area (Å²) in [5, 5.41) is 14.5. The van der Waals surface area contributed by atoms with Gasteiger partial charge in [0.15, 0.2) is 6.20 Å². The minimum Gasteiger partial charge on any atom is -0.618 e. The van der Waals surface area contributed by atoms with Gasteiger partial charge in [-0.1, -0.05) is 12.1 Å². The number of para-hydroxylation sites is 2. The number of hydrogen-bond donors (Lipinski definition) is 1. The van der Waals surface area contributed by atoms with Crippen LogP contribution in [0.5, 0.6) is 5.75 Å². The van der Waals surface area contributed by atoms with E-state index in [2.05, 4.69) is 5.32 Å². The van der Waals surface area contributed by atoms with Crippen molar-refractivity contribution in [2.75, 3.05) is 12.4 Å². The summed E-state index contributed by atoms with van der Waals surface area (Å²) in [6.45, 7) is 1.75. The Morgan fingerprint density at radius 2 is 2.00 bits per heavy atom. The SMILES string of the molecule is COc1ccccc1NC(=O)[C@@H](C)Sc1cccc[n+]1[O-]. The Labute approximate surface area is 127 Å². The molecule has 1 N–H and O–H groups in total. The number of aromatic nitrogens is 1. The Hall–Kier alpha value is -2.21. The molecule has 0 unspecified atom stereocenters. The largest absolute Gasteiger partial charge is 0.618 e. The quantitative estimate of drug-likeness (QED) is 0.523. The minimum atomic E-state index is -0.405. The summed E-state index contributed by atoms with van der Waals surface area (Å²) >= 11 is 1.21. The monoisotopic (exact) mass is 304 g/mol. The van der Waals surface area contributed by atoms with Crippen LogP contribution in [0.2, 0.25) is 0 Å². The molecule has 2 rings (SSSR count). The molecule has 0 spiro atoms. The summed E-state index contributed by atoms with van der Waals surface area (Å²) < 4.78 is 5.94. The van der Waals surface area contributed by atoms with Crippen molar-refractivity contribution in [1.82, 2.24) is 0 Å². The fourth-order valence-electron chi connectivity index (χ4n) is 1.72. The van der Waals surface area contributed by atoms with Crippen molar-refractivity contribution in [2.45, 2.75) is 17.2 Å². The van der Waals surface area contributed by atoms with Gasteiger partial charge in [0.25, 0.3) is 5.03 Å². The molecular weight excluding hydrogens is 288 g/mol. The second kappa shape index (κ2) is 6.99. The van der Waals surface area contributed by atoms with Gasteiger partial charge < -0.3 is 15.3 Å². The third-order valence-electron chi connectivity index (χ3n) is 2.82. The van der Waals surface area contributed by atoms with Crippen LogP contribution in [-0.4, -0.2) is 18.3 Å². The van der Waals surface area contributed by atoms with Crippen LogP contribution in [0, 0.1) is 5.21 Å². The van der Waals surface area contributed by atoms with Crippen molar-refractivity contribution < 1.29 is 14.3 Å². The number of ether oxygens (including phenoxy) is 1. The second-order valence-corrected chi connectivity index (χ2v) is 5.68. The molecule has 1 amide bonds. The number of nitrogens with zero attached hydrogens (tertiary/aromatic N) is 1. The molecule has 21 heavy (non-hydrogen) atoms. The topological polar surface area (TPSA) is 65.3 Å². The van der Waals surface area contributed by atoms with Crippen LogP contribution in [0.4, 0.5) is 5.69 Å². The first kappa shape index (κ1) is 15.2. The van der Waals surface area contributed by atoms with Crippen LogP contribution in [0.25, 0.3) is 0 Å². The number of thioether (sulfide) groups is 1. The average molecular weight is 304 g/mol. The maximum Gasteiger partial charge on any atom is 0.252 e. The molecule has 1 atom stereocenters. The van der Waals surface area contributed by atoms with Gasteiger partial charge in [-0.05, 0) is 36.9 Å². The number of pyridine rings is 1. The molecule has 2 aromatic rings. The molecule has 0 aliphatic heterocycles. The molecule has 0 saturated carbocycles. The van der Waals surface area contributed by atoms with E-state index in [1.807, 2.05) is 12.1 Å². The standard InChI is InChI=1S/C15H16N2O3S/c1-11(21-14-9-5-6-10-17(14)19)15(18)16-12-7-3-4-8-13(12)20-2/h3-11H,1-2H3,(H,16,18)/t11-/m1/s1. The number of anilines is 1. The molecule has 0 radical (unpaired) electrons. The normalized spacial score (nSPS) is 11.7. The van der Waals surface area contributed by atoms with Gasteiger partial charge in [0.05, 0.1) is 18.0 Å². The molecule has 0 aliphatic carbocycles. The predicted octanol–water partition coefficient (Wildman–Crippen LogP) is 2.45. The Kier molecular flexibility index (Phi) is 5.05. The average Bonchev–Trinajstić information content (AvgIpc) is 2.50. The first-order valence-electron chi connectivity index (χ1n) is 6.40. The van der Waals surface area contributed by atoms with E-state index in [0.717, 1.165) is 4.73 Å². The fraction of sp³-hybridized carbons (Fsp3) is 0.200. The lowest BCUT2D eigenvalue weighted by molar-refractivity contribution is -0.645. The molecule has 1 aromatic carbocycles. The summed E-state index contributed by atoms with van der Waals surface area (Å²) in [5.74, 6) is 0.412. The number of nitrogens with one attached hydrogen (secondary N) is 1. The molecule has 0 fully saturated rings. The van der Waals surface area contributed by atoms with E-state index in [1.165, 1.54) is 18.0 Å². The summed E-state index contributed by atoms with van der Waals surface area (Å²) in [6, 6.07) is 12.3. The Morgan fingerprint density at radius 3 is 2.71 bits per heavy atom. The lowest BCUT2D eigenvalue weighted by Gasteiger charge is -2.13. The van der Waals surface area contributed by atoms with Crippen LogP contribution in [0.3, 0.4) is 0 Å². The van der Waals surface area contributed by atoms with E-state index >= 15 is 0 Å². The van der Waals surface area contributed by atoms with E-state index in [1.54, 1.807) is 44.4 Å². The van der Waals surface area contributed by atoms with Crippen LogP contribution in [0.15, 0.2) is 53.7 Å². The molecule has 5 nitrogen and oxygen atoms in total. The Balaban J connectivity index is 2.05. The lowest BCUT2D eigenvalue weighted by Crippen LogP contribution is -2.30. The number of rotatable bonds is 5. The zero-order chi connectivity index (χ0) is 15.2. The molecule has 110 valence electrons. The van der Waals surface area contributed by atoms with Gasteiger partial charge in [-0.2, -0.15) is 4.73 Å². The summed E-state index contributed by atoms with van der Waals surface area (Å²) in [5.41, 5.74) is 0.612. The third kappa shape index (κ3) is 3.88. The molecule has 6 heteroatoms. The first-order chi connectivity index (χ1) is 10.1. The van der Waals surface area contributed by atoms with Crippen molar-refractivity contribution >= 4 is 23.4 Å². The van der Waals surface area contributed by atoms with E-state index < -0.39 is 5.25 Å². The highest BCUT2D eigenvalue weighted by molar-refractivity contribution is 8.00. The van der Waals surface area contributed by atoms with Crippen LogP contribution in [-0.2, 0) is 4.79 Å². The summed E-state index contributed by atoms with van der Waals surface area (Å²) in [7, 11) is 1.55. The van der Waals surface area contributed by atoms with Gasteiger partial charge in [0, 0.05) is 12.1 Å². The highest BCUT2D eigenvalue weighted by Gasteiger charge is 2.19. The summed E-state index contributed by atoms with van der Waals surface area (Å²) in [6.07, 6.45) is 1.41. The van der Waals surface area contributed by atoms with Crippen LogP contribution < -0.4 is 14.8 Å². The molecule has 1 aromatic heterocycles. The van der Waals surface area contributed by atoms with Crippen molar-refractivity contribution in [3.8, 4) is 5.75 Å². The first-order valence-corrected chi connectivity index (χ1v) is 7.28. The zero-order valence-corrected chi connectivity index (χ0v) is 12.6. The van der Waals surface area contributed by atoms with Crippen molar-refractivity contribution in [3.05, 3.63) is 53.9 Å². The van der Waals surface area contributed by atoms with E-state index in [-0.39, 0.29) is 5.91 Å². The van der Waals surface area contributed by atoms with Gasteiger partial charge in [-0.15, -0.1) is 0 Å². The van der Waals surface area contributed by atoms with Gasteiger partial charge in [0.2, 0.25) is 5.91 Å². The molecule has 0 bridgehead atoms. The number of carbonyl (C=O) groups excluding carboxylic acids is 1. The second-order valence-electron chi connectivity index (χ2n) is 4.31. The molecular formula is C15H16N2O3S. The number of hydrogen-bond acceptors (Lipinski definition) is 4. The van der Waals surface area contributed by atoms with Crippen molar-refractivity contribution in [1.29, 1.82) is 0 Å². The maximum absolute atomic E-state index is 12.2. The number of amides is 1. The minimum absolute atomic E-state index is 0.187. The lowest BCUT2D eigenvalue weighted by atomic mass is 10.3. The number of benzene rings is 1. The number of carbonyl (C=O) groups is 1. The van der Waals surface area contributed by atoms with Crippen molar-refractivity contribution in [3.63, 3.8) is 0 Å². The van der Waals surface area contributed by atoms with Gasteiger partial charge >= 0.3 is 0 Å². The summed E-state index contributed by atoms with van der Waals surface area (Å²) in [4.78, 5) is 12.2. The van der Waals surface area contributed by atoms with E-state index in [9.17, 15) is 10.0 Å².